The van der Waals surface area contributed by atoms with E-state index in [1.54, 1.807) is 0 Å². The molecule has 19 heteroatoms. The molecule has 2 aliphatic heterocycles. The number of aromatic amines is 1. The number of anilines is 1. The van der Waals surface area contributed by atoms with E-state index in [9.17, 15) is 34.3 Å². The normalized spacial score (nSPS) is 32.3. The van der Waals surface area contributed by atoms with E-state index in [1.807, 2.05) is 4.98 Å². The largest absolute Gasteiger partial charge is 0.475 e. The Kier molecular flexibility index (Phi) is 8.82. The minimum Gasteiger partial charge on any atom is -0.394 e. The maximum Gasteiger partial charge on any atom is 0.475 e. The first-order chi connectivity index (χ1) is 18.5. The summed E-state index contributed by atoms with van der Waals surface area (Å²) in [6.07, 6.45) is -8.24. The van der Waals surface area contributed by atoms with E-state index in [0.717, 1.165) is 28.5 Å². The maximum absolute atomic E-state index is 13.4. The lowest BCUT2D eigenvalue weighted by molar-refractivity contribution is -0.0626. The van der Waals surface area contributed by atoms with Gasteiger partial charge in [-0.15, -0.1) is 0 Å². The van der Waals surface area contributed by atoms with Crippen LogP contribution in [0.1, 0.15) is 12.5 Å². The number of nitrogens with zero attached hydrogens (tertiary/aromatic N) is 3. The summed E-state index contributed by atoms with van der Waals surface area (Å²) in [6.45, 7) is -1.27. The standard InChI is InChI=1S/C20H28N5O13P/c1-33-16-15(9(7-26)36-18(16)25-5-3-11(21)22-19(25)30)38-39(32,34-2)35-8-10-13(28)14(29)17(37-10)24-6-4-12(27)23-20(24)31/h3-6,9-10,13-18,26,28-29H,7-8H2,1-2H3,(H2,21,22,30)(H,23,27,31)/t9-,10-,13-,14-,15-,16-,17-,18-,39?/m1/s1. The maximum atomic E-state index is 13.4. The molecule has 0 saturated carbocycles. The first kappa shape index (κ1) is 29.2. The third-order valence-corrected chi connectivity index (χ3v) is 7.61. The number of phosphoric acid groups is 1. The number of nitrogen functional groups attached to an aromatic ring is 1. The molecule has 2 saturated heterocycles. The average molecular weight is 577 g/mol. The van der Waals surface area contributed by atoms with Crippen molar-refractivity contribution in [3.63, 3.8) is 0 Å². The molecule has 1 unspecified atom stereocenters. The van der Waals surface area contributed by atoms with Gasteiger partial charge in [-0.25, -0.2) is 14.2 Å². The Hall–Kier alpha value is -2.77. The molecule has 6 N–H and O–H groups in total. The molecule has 0 radical (unpaired) electrons. The number of hydrogen-bond donors (Lipinski definition) is 5. The van der Waals surface area contributed by atoms with Gasteiger partial charge in [-0.1, -0.05) is 0 Å². The van der Waals surface area contributed by atoms with Gasteiger partial charge in [0.25, 0.3) is 5.56 Å². The van der Waals surface area contributed by atoms with Crippen molar-refractivity contribution in [2.45, 2.75) is 49.1 Å². The zero-order valence-electron chi connectivity index (χ0n) is 20.6. The zero-order valence-corrected chi connectivity index (χ0v) is 21.5. The highest BCUT2D eigenvalue weighted by Gasteiger charge is 2.51. The van der Waals surface area contributed by atoms with Gasteiger partial charge >= 0.3 is 19.2 Å². The highest BCUT2D eigenvalue weighted by Crippen LogP contribution is 2.53. The zero-order chi connectivity index (χ0) is 28.5. The predicted molar refractivity (Wildman–Crippen MR) is 127 cm³/mol. The third-order valence-electron chi connectivity index (χ3n) is 6.20. The molecule has 9 atom stereocenters. The van der Waals surface area contributed by atoms with Crippen LogP contribution >= 0.6 is 7.82 Å². The molecule has 4 rings (SSSR count). The number of rotatable bonds is 10. The molecule has 0 spiro atoms. The SMILES string of the molecule is CO[C@@H]1[C@H](OP(=O)(OC)OC[C@H]2O[C@@H](n3ccc(=O)[nH]c3=O)[C@H](O)[C@@H]2O)[C@@H](CO)O[C@H]1n1ccc(N)nc1=O. The number of ether oxygens (including phenoxy) is 3. The van der Waals surface area contributed by atoms with E-state index in [1.165, 1.54) is 19.4 Å². The van der Waals surface area contributed by atoms with Crippen molar-refractivity contribution in [3.05, 3.63) is 55.8 Å². The van der Waals surface area contributed by atoms with Crippen LogP contribution < -0.4 is 22.7 Å². The summed E-state index contributed by atoms with van der Waals surface area (Å²) < 4.78 is 47.8. The molecule has 2 aliphatic rings. The second-order valence-electron chi connectivity index (χ2n) is 8.55. The number of nitrogens with one attached hydrogen (secondary N) is 1. The second kappa shape index (κ2) is 11.8. The Morgan fingerprint density at radius 2 is 1.74 bits per heavy atom. The van der Waals surface area contributed by atoms with E-state index >= 15 is 0 Å². The fourth-order valence-electron chi connectivity index (χ4n) is 4.24. The molecule has 18 nitrogen and oxygen atoms in total. The number of nitrogens with two attached hydrogens (primary N) is 1. The molecular weight excluding hydrogens is 549 g/mol. The van der Waals surface area contributed by atoms with E-state index in [-0.39, 0.29) is 5.82 Å². The summed E-state index contributed by atoms with van der Waals surface area (Å²) in [5.41, 5.74) is 3.19. The Morgan fingerprint density at radius 3 is 2.36 bits per heavy atom. The van der Waals surface area contributed by atoms with E-state index in [4.69, 9.17) is 33.5 Å². The van der Waals surface area contributed by atoms with Gasteiger partial charge in [0.1, 0.15) is 42.4 Å². The van der Waals surface area contributed by atoms with Crippen LogP contribution in [-0.2, 0) is 32.3 Å². The van der Waals surface area contributed by atoms with Crippen molar-refractivity contribution in [2.75, 3.05) is 33.2 Å². The van der Waals surface area contributed by atoms with Gasteiger partial charge in [0.05, 0.1) is 13.2 Å². The minimum absolute atomic E-state index is 0.0268. The van der Waals surface area contributed by atoms with Gasteiger partial charge in [0.15, 0.2) is 12.5 Å². The highest BCUT2D eigenvalue weighted by molar-refractivity contribution is 7.48. The summed E-state index contributed by atoms with van der Waals surface area (Å²) in [4.78, 5) is 41.3. The van der Waals surface area contributed by atoms with E-state index in [0.29, 0.717) is 0 Å². The molecule has 39 heavy (non-hydrogen) atoms. The summed E-state index contributed by atoms with van der Waals surface area (Å²) >= 11 is 0. The number of phosphoric ester groups is 1. The molecule has 0 aromatic carbocycles. The van der Waals surface area contributed by atoms with Crippen LogP contribution in [0.5, 0.6) is 0 Å². The van der Waals surface area contributed by atoms with Crippen LogP contribution in [0.3, 0.4) is 0 Å². The first-order valence-electron chi connectivity index (χ1n) is 11.5. The van der Waals surface area contributed by atoms with Crippen molar-refractivity contribution in [2.24, 2.45) is 0 Å². The lowest BCUT2D eigenvalue weighted by Crippen LogP contribution is -2.39. The van der Waals surface area contributed by atoms with Gasteiger partial charge in [-0.3, -0.25) is 32.5 Å². The smallest absolute Gasteiger partial charge is 0.394 e. The van der Waals surface area contributed by atoms with Crippen LogP contribution in [0, 0.1) is 0 Å². The molecule has 0 bridgehead atoms. The molecule has 4 heterocycles. The van der Waals surface area contributed by atoms with Crippen LogP contribution in [0.25, 0.3) is 0 Å². The summed E-state index contributed by atoms with van der Waals surface area (Å²) in [5, 5.41) is 30.7. The average Bonchev–Trinajstić information content (AvgIpc) is 3.38. The summed E-state index contributed by atoms with van der Waals surface area (Å²) in [6, 6.07) is 2.37. The van der Waals surface area contributed by atoms with Gasteiger partial charge in [0, 0.05) is 32.7 Å². The predicted octanol–water partition coefficient (Wildman–Crippen LogP) is -2.94. The Balaban J connectivity index is 1.49. The summed E-state index contributed by atoms with van der Waals surface area (Å²) in [5.74, 6) is -0.0268. The van der Waals surface area contributed by atoms with Crippen LogP contribution in [0.15, 0.2) is 38.9 Å². The highest BCUT2D eigenvalue weighted by atomic mass is 31.2. The number of aliphatic hydroxyl groups is 3. The van der Waals surface area contributed by atoms with E-state index in [2.05, 4.69) is 4.98 Å². The molecule has 2 aromatic rings. The monoisotopic (exact) mass is 577 g/mol. The van der Waals surface area contributed by atoms with Crippen molar-refractivity contribution < 1.29 is 47.7 Å². The molecule has 2 fully saturated rings. The lowest BCUT2D eigenvalue weighted by atomic mass is 10.1. The van der Waals surface area contributed by atoms with Gasteiger partial charge in [-0.2, -0.15) is 4.98 Å². The van der Waals surface area contributed by atoms with E-state index < -0.39 is 87.1 Å². The minimum atomic E-state index is -4.48. The Bertz CT molecular complexity index is 1380. The molecular formula is C20H28N5O13P. The quantitative estimate of drug-likeness (QED) is 0.177. The van der Waals surface area contributed by atoms with Gasteiger partial charge in [-0.05, 0) is 6.07 Å². The summed E-state index contributed by atoms with van der Waals surface area (Å²) in [7, 11) is -2.19. The number of aromatic nitrogens is 4. The van der Waals surface area contributed by atoms with Crippen molar-refractivity contribution in [1.29, 1.82) is 0 Å². The van der Waals surface area contributed by atoms with Crippen molar-refractivity contribution in [3.8, 4) is 0 Å². The fraction of sp³-hybridized carbons (Fsp3) is 0.600. The van der Waals surface area contributed by atoms with Crippen LogP contribution in [0.4, 0.5) is 5.82 Å². The molecule has 216 valence electrons. The number of methoxy groups -OCH3 is 1. The number of H-pyrrole nitrogens is 1. The fourth-order valence-corrected chi connectivity index (χ4v) is 5.38. The van der Waals surface area contributed by atoms with Crippen molar-refractivity contribution >= 4 is 13.6 Å². The molecule has 0 amide bonds. The molecule has 2 aromatic heterocycles. The number of hydrogen-bond acceptors (Lipinski definition) is 15. The van der Waals surface area contributed by atoms with Crippen LogP contribution in [0.2, 0.25) is 0 Å². The third kappa shape index (κ3) is 5.90. The Labute approximate surface area is 219 Å². The number of aliphatic hydroxyl groups excluding tert-OH is 3. The topological polar surface area (TPSA) is 249 Å². The second-order valence-corrected chi connectivity index (χ2v) is 10.3. The van der Waals surface area contributed by atoms with Gasteiger partial charge < -0.3 is 35.3 Å². The molecule has 0 aliphatic carbocycles. The Morgan fingerprint density at radius 1 is 1.05 bits per heavy atom. The van der Waals surface area contributed by atoms with Gasteiger partial charge in [0.2, 0.25) is 0 Å². The first-order valence-corrected chi connectivity index (χ1v) is 12.9. The van der Waals surface area contributed by atoms with Crippen molar-refractivity contribution in [1.82, 2.24) is 19.1 Å². The lowest BCUT2D eigenvalue weighted by Gasteiger charge is -2.27. The van der Waals surface area contributed by atoms with Crippen LogP contribution in [-0.4, -0.2) is 98.5 Å².